The number of nitrogens with zero attached hydrogens (tertiary/aromatic N) is 2. The number of carbonyl (C=O) groups excluding carboxylic acids is 1. The summed E-state index contributed by atoms with van der Waals surface area (Å²) >= 11 is 1.32. The number of benzene rings is 2. The number of H-pyrrole nitrogens is 1. The van der Waals surface area contributed by atoms with Gasteiger partial charge in [-0.25, -0.2) is 4.98 Å². The number of aromatic nitrogens is 3. The first-order chi connectivity index (χ1) is 13.7. The zero-order chi connectivity index (χ0) is 19.8. The minimum Gasteiger partial charge on any atom is -0.325 e. The van der Waals surface area contributed by atoms with Gasteiger partial charge in [-0.05, 0) is 35.6 Å². The molecule has 5 nitrogen and oxygen atoms in total. The second-order valence-electron chi connectivity index (χ2n) is 6.24. The van der Waals surface area contributed by atoms with Gasteiger partial charge in [-0.1, -0.05) is 80.2 Å². The van der Waals surface area contributed by atoms with Crippen LogP contribution in [0.5, 0.6) is 0 Å². The van der Waals surface area contributed by atoms with Gasteiger partial charge in [-0.15, -0.1) is 5.10 Å². The van der Waals surface area contributed by atoms with Gasteiger partial charge in [-0.3, -0.25) is 9.89 Å². The minimum absolute atomic E-state index is 0.0493. The van der Waals surface area contributed by atoms with Crippen molar-refractivity contribution in [2.24, 2.45) is 0 Å². The Morgan fingerprint density at radius 2 is 1.75 bits per heavy atom. The Morgan fingerprint density at radius 1 is 1.04 bits per heavy atom. The third-order valence-corrected chi connectivity index (χ3v) is 5.16. The summed E-state index contributed by atoms with van der Waals surface area (Å²) in [5, 5.41) is 10.7. The van der Waals surface area contributed by atoms with E-state index in [0.29, 0.717) is 11.0 Å². The maximum Gasteiger partial charge on any atom is 0.234 e. The Bertz CT molecular complexity index is 928. The Kier molecular flexibility index (Phi) is 7.03. The first-order valence-corrected chi connectivity index (χ1v) is 10.4. The van der Waals surface area contributed by atoms with Crippen LogP contribution in [0.2, 0.25) is 0 Å². The highest BCUT2D eigenvalue weighted by Crippen LogP contribution is 2.23. The standard InChI is InChI=1S/C22H24N4OS/c1-3-17-11-8-12-18(4-2)21(17)24-20(27)15-28-22-23-19(25-26-22)14-13-16-9-6-5-7-10-16/h5-14H,3-4,15H2,1-2H3,(H,24,27)(H,23,25,26)/b14-13+. The lowest BCUT2D eigenvalue weighted by atomic mass is 10.0. The van der Waals surface area contributed by atoms with Crippen molar-refractivity contribution in [3.63, 3.8) is 0 Å². The number of aryl methyl sites for hydroxylation is 2. The normalized spacial score (nSPS) is 11.1. The third-order valence-electron chi connectivity index (χ3n) is 4.31. The number of hydrogen-bond donors (Lipinski definition) is 2. The molecule has 3 aromatic rings. The van der Waals surface area contributed by atoms with Crippen LogP contribution in [0, 0.1) is 0 Å². The maximum absolute atomic E-state index is 12.4. The lowest BCUT2D eigenvalue weighted by molar-refractivity contribution is -0.113. The largest absolute Gasteiger partial charge is 0.325 e. The number of anilines is 1. The topological polar surface area (TPSA) is 70.7 Å². The van der Waals surface area contributed by atoms with Crippen LogP contribution in [0.3, 0.4) is 0 Å². The van der Waals surface area contributed by atoms with Crippen molar-refractivity contribution in [1.82, 2.24) is 15.2 Å². The summed E-state index contributed by atoms with van der Waals surface area (Å²) in [6, 6.07) is 16.2. The fraction of sp³-hybridized carbons (Fsp3) is 0.227. The van der Waals surface area contributed by atoms with E-state index in [1.54, 1.807) is 0 Å². The summed E-state index contributed by atoms with van der Waals surface area (Å²) in [4.78, 5) is 16.8. The summed E-state index contributed by atoms with van der Waals surface area (Å²) in [6.45, 7) is 4.19. The van der Waals surface area contributed by atoms with E-state index in [2.05, 4.69) is 46.5 Å². The molecular formula is C22H24N4OS. The SMILES string of the molecule is CCc1cccc(CC)c1NC(=O)CSc1n[nH]c(/C=C/c2ccccc2)n1. The zero-order valence-electron chi connectivity index (χ0n) is 16.1. The van der Waals surface area contributed by atoms with Crippen molar-refractivity contribution in [2.75, 3.05) is 11.1 Å². The van der Waals surface area contributed by atoms with Crippen LogP contribution >= 0.6 is 11.8 Å². The van der Waals surface area contributed by atoms with E-state index in [1.807, 2.05) is 48.6 Å². The lowest BCUT2D eigenvalue weighted by Crippen LogP contribution is -2.16. The van der Waals surface area contributed by atoms with E-state index >= 15 is 0 Å². The van der Waals surface area contributed by atoms with Crippen LogP contribution in [0.1, 0.15) is 36.4 Å². The molecule has 0 spiro atoms. The molecular weight excluding hydrogens is 368 g/mol. The molecule has 0 aliphatic carbocycles. The minimum atomic E-state index is -0.0493. The molecule has 1 heterocycles. The Hall–Kier alpha value is -2.86. The van der Waals surface area contributed by atoms with Gasteiger partial charge in [-0.2, -0.15) is 0 Å². The summed E-state index contributed by atoms with van der Waals surface area (Å²) in [7, 11) is 0. The van der Waals surface area contributed by atoms with Crippen LogP contribution in [0.4, 0.5) is 5.69 Å². The van der Waals surface area contributed by atoms with Gasteiger partial charge >= 0.3 is 0 Å². The van der Waals surface area contributed by atoms with Crippen LogP contribution in [0.25, 0.3) is 12.2 Å². The monoisotopic (exact) mass is 392 g/mol. The predicted molar refractivity (Wildman–Crippen MR) is 116 cm³/mol. The van der Waals surface area contributed by atoms with Gasteiger partial charge in [0.2, 0.25) is 11.1 Å². The van der Waals surface area contributed by atoms with Crippen LogP contribution in [0.15, 0.2) is 53.7 Å². The molecule has 3 rings (SSSR count). The number of aromatic amines is 1. The summed E-state index contributed by atoms with van der Waals surface area (Å²) in [5.41, 5.74) is 4.35. The first kappa shape index (κ1) is 19.9. The molecule has 6 heteroatoms. The van der Waals surface area contributed by atoms with Crippen LogP contribution in [-0.4, -0.2) is 26.8 Å². The second-order valence-corrected chi connectivity index (χ2v) is 7.18. The summed E-state index contributed by atoms with van der Waals surface area (Å²) in [5.74, 6) is 0.879. The van der Waals surface area contributed by atoms with Crippen LogP contribution in [-0.2, 0) is 17.6 Å². The van der Waals surface area contributed by atoms with Gasteiger partial charge in [0.1, 0.15) is 5.82 Å². The molecule has 0 aliphatic heterocycles. The van der Waals surface area contributed by atoms with Crippen molar-refractivity contribution in [3.8, 4) is 0 Å². The van der Waals surface area contributed by atoms with Gasteiger partial charge in [0.05, 0.1) is 5.75 Å². The summed E-state index contributed by atoms with van der Waals surface area (Å²) in [6.07, 6.45) is 5.61. The highest BCUT2D eigenvalue weighted by molar-refractivity contribution is 7.99. The molecule has 0 saturated heterocycles. The highest BCUT2D eigenvalue weighted by atomic mass is 32.2. The van der Waals surface area contributed by atoms with Crippen LogP contribution < -0.4 is 5.32 Å². The second kappa shape index (κ2) is 9.90. The number of hydrogen-bond acceptors (Lipinski definition) is 4. The molecule has 1 aromatic heterocycles. The molecule has 0 bridgehead atoms. The van der Waals surface area contributed by atoms with Crippen molar-refractivity contribution >= 4 is 35.5 Å². The van der Waals surface area contributed by atoms with Gasteiger partial charge in [0, 0.05) is 5.69 Å². The van der Waals surface area contributed by atoms with Gasteiger partial charge in [0.15, 0.2) is 0 Å². The molecule has 144 valence electrons. The molecule has 2 N–H and O–H groups in total. The molecule has 1 amide bonds. The average molecular weight is 393 g/mol. The van der Waals surface area contributed by atoms with Crippen molar-refractivity contribution < 1.29 is 4.79 Å². The smallest absolute Gasteiger partial charge is 0.234 e. The molecule has 0 fully saturated rings. The fourth-order valence-electron chi connectivity index (χ4n) is 2.85. The Balaban J connectivity index is 1.57. The molecule has 2 aromatic carbocycles. The van der Waals surface area contributed by atoms with E-state index in [0.717, 1.165) is 35.2 Å². The molecule has 0 aliphatic rings. The Morgan fingerprint density at radius 3 is 2.43 bits per heavy atom. The third kappa shape index (κ3) is 5.33. The Labute approximate surface area is 169 Å². The molecule has 0 saturated carbocycles. The first-order valence-electron chi connectivity index (χ1n) is 9.38. The maximum atomic E-state index is 12.4. The van der Waals surface area contributed by atoms with Crippen molar-refractivity contribution in [1.29, 1.82) is 0 Å². The van der Waals surface area contributed by atoms with Crippen molar-refractivity contribution in [2.45, 2.75) is 31.8 Å². The quantitative estimate of drug-likeness (QED) is 0.539. The average Bonchev–Trinajstić information content (AvgIpc) is 3.19. The number of rotatable bonds is 8. The number of carbonyl (C=O) groups is 1. The molecule has 0 radical (unpaired) electrons. The lowest BCUT2D eigenvalue weighted by Gasteiger charge is -2.14. The highest BCUT2D eigenvalue weighted by Gasteiger charge is 2.11. The molecule has 0 unspecified atom stereocenters. The van der Waals surface area contributed by atoms with E-state index in [9.17, 15) is 4.79 Å². The predicted octanol–water partition coefficient (Wildman–Crippen LogP) is 4.83. The van der Waals surface area contributed by atoms with E-state index < -0.39 is 0 Å². The molecule has 28 heavy (non-hydrogen) atoms. The van der Waals surface area contributed by atoms with Gasteiger partial charge in [0.25, 0.3) is 0 Å². The number of nitrogens with one attached hydrogen (secondary N) is 2. The number of amides is 1. The fourth-order valence-corrected chi connectivity index (χ4v) is 3.45. The van der Waals surface area contributed by atoms with E-state index in [4.69, 9.17) is 0 Å². The number of para-hydroxylation sites is 1. The van der Waals surface area contributed by atoms with E-state index in [1.165, 1.54) is 11.8 Å². The van der Waals surface area contributed by atoms with Crippen molar-refractivity contribution in [3.05, 3.63) is 71.0 Å². The van der Waals surface area contributed by atoms with E-state index in [-0.39, 0.29) is 11.7 Å². The van der Waals surface area contributed by atoms with Gasteiger partial charge < -0.3 is 5.32 Å². The number of thioether (sulfide) groups is 1. The summed E-state index contributed by atoms with van der Waals surface area (Å²) < 4.78 is 0. The molecule has 0 atom stereocenters. The zero-order valence-corrected chi connectivity index (χ0v) is 16.9.